The number of rotatable bonds is 5. The first kappa shape index (κ1) is 14.8. The van der Waals surface area contributed by atoms with Crippen molar-refractivity contribution in [2.24, 2.45) is 5.92 Å². The number of aliphatic carboxylic acids is 1. The number of nitrogens with zero attached hydrogens (tertiary/aromatic N) is 1. The Hall–Kier alpha value is -0.620. The summed E-state index contributed by atoms with van der Waals surface area (Å²) < 4.78 is 26.3. The zero-order valence-electron chi connectivity index (χ0n) is 11.3. The van der Waals surface area contributed by atoms with Gasteiger partial charge in [-0.05, 0) is 31.6 Å². The summed E-state index contributed by atoms with van der Waals surface area (Å²) >= 11 is 0. The Bertz CT molecular complexity index is 414. The summed E-state index contributed by atoms with van der Waals surface area (Å²) in [6, 6.07) is -0.328. The fourth-order valence-corrected chi connectivity index (χ4v) is 5.49. The maximum absolute atomic E-state index is 12.4. The third-order valence-electron chi connectivity index (χ3n) is 4.26. The Morgan fingerprint density at radius 3 is 2.42 bits per heavy atom. The molecule has 1 atom stereocenters. The molecule has 1 heterocycles. The lowest BCUT2D eigenvalue weighted by Crippen LogP contribution is -2.40. The zero-order valence-corrected chi connectivity index (χ0v) is 12.1. The maximum atomic E-state index is 12.4. The van der Waals surface area contributed by atoms with E-state index in [4.69, 9.17) is 5.11 Å². The normalized spacial score (nSPS) is 26.6. The number of carbonyl (C=O) groups is 1. The summed E-state index contributed by atoms with van der Waals surface area (Å²) in [7, 11) is -3.28. The van der Waals surface area contributed by atoms with Gasteiger partial charge in [-0.25, -0.2) is 8.42 Å². The second kappa shape index (κ2) is 6.22. The van der Waals surface area contributed by atoms with Crippen LogP contribution in [0.25, 0.3) is 0 Å². The van der Waals surface area contributed by atoms with Gasteiger partial charge in [0.15, 0.2) is 0 Å². The third kappa shape index (κ3) is 3.92. The van der Waals surface area contributed by atoms with E-state index < -0.39 is 16.0 Å². The molecule has 0 aromatic rings. The van der Waals surface area contributed by atoms with E-state index in [1.165, 1.54) is 10.7 Å². The van der Waals surface area contributed by atoms with Crippen molar-refractivity contribution in [1.29, 1.82) is 0 Å². The topological polar surface area (TPSA) is 74.7 Å². The Kier molecular flexibility index (Phi) is 4.84. The van der Waals surface area contributed by atoms with Crippen LogP contribution in [-0.2, 0) is 14.8 Å². The highest BCUT2D eigenvalue weighted by Crippen LogP contribution is 2.29. The lowest BCUT2D eigenvalue weighted by atomic mass is 9.91. The number of hydrogen-bond donors (Lipinski definition) is 1. The molecule has 0 aromatic carbocycles. The fraction of sp³-hybridized carbons (Fsp3) is 0.923. The summed E-state index contributed by atoms with van der Waals surface area (Å²) in [5.41, 5.74) is 0. The molecule has 0 amide bonds. The van der Waals surface area contributed by atoms with Gasteiger partial charge in [0.2, 0.25) is 10.0 Å². The van der Waals surface area contributed by atoms with Crippen molar-refractivity contribution in [1.82, 2.24) is 4.31 Å². The molecule has 0 spiro atoms. The van der Waals surface area contributed by atoms with E-state index in [2.05, 4.69) is 0 Å². The van der Waals surface area contributed by atoms with Crippen LogP contribution in [0.1, 0.15) is 51.4 Å². The van der Waals surface area contributed by atoms with Crippen LogP contribution in [0.15, 0.2) is 0 Å². The van der Waals surface area contributed by atoms with E-state index in [1.807, 2.05) is 0 Å². The third-order valence-corrected chi connectivity index (χ3v) is 6.35. The lowest BCUT2D eigenvalue weighted by molar-refractivity contribution is -0.137. The van der Waals surface area contributed by atoms with Gasteiger partial charge in [0.1, 0.15) is 0 Å². The lowest BCUT2D eigenvalue weighted by Gasteiger charge is -2.27. The van der Waals surface area contributed by atoms with E-state index in [0.717, 1.165) is 32.1 Å². The molecule has 0 aromatic heterocycles. The molecule has 1 aliphatic carbocycles. The van der Waals surface area contributed by atoms with Gasteiger partial charge >= 0.3 is 5.97 Å². The quantitative estimate of drug-likeness (QED) is 0.838. The summed E-state index contributed by atoms with van der Waals surface area (Å²) in [5.74, 6) is -0.432. The summed E-state index contributed by atoms with van der Waals surface area (Å²) in [4.78, 5) is 10.8. The van der Waals surface area contributed by atoms with Gasteiger partial charge in [0.25, 0.3) is 0 Å². The average Bonchev–Trinajstić information content (AvgIpc) is 2.77. The van der Waals surface area contributed by atoms with E-state index in [1.54, 1.807) is 0 Å². The Morgan fingerprint density at radius 2 is 1.79 bits per heavy atom. The second-order valence-corrected chi connectivity index (χ2v) is 7.75. The number of carboxylic acids is 1. The van der Waals surface area contributed by atoms with Crippen LogP contribution in [0, 0.1) is 5.92 Å². The number of hydrogen-bond acceptors (Lipinski definition) is 3. The fourth-order valence-electron chi connectivity index (χ4n) is 3.33. The first-order valence-corrected chi connectivity index (χ1v) is 8.81. The molecular weight excluding hydrogens is 266 g/mol. The molecule has 1 aliphatic heterocycles. The smallest absolute Gasteiger partial charge is 0.304 e. The second-order valence-electron chi connectivity index (χ2n) is 5.79. The Labute approximate surface area is 115 Å². The SMILES string of the molecule is O=C(O)CC1CCCN1S(=O)(=O)CC1CCCCC1. The van der Waals surface area contributed by atoms with Gasteiger partial charge < -0.3 is 5.11 Å². The molecule has 110 valence electrons. The van der Waals surface area contributed by atoms with Crippen LogP contribution >= 0.6 is 0 Å². The van der Waals surface area contributed by atoms with Crippen LogP contribution in [0.3, 0.4) is 0 Å². The summed E-state index contributed by atoms with van der Waals surface area (Å²) in [6.07, 6.45) is 6.84. The highest BCUT2D eigenvalue weighted by Gasteiger charge is 2.36. The highest BCUT2D eigenvalue weighted by molar-refractivity contribution is 7.89. The van der Waals surface area contributed by atoms with Gasteiger partial charge in [0, 0.05) is 12.6 Å². The van der Waals surface area contributed by atoms with E-state index in [0.29, 0.717) is 13.0 Å². The van der Waals surface area contributed by atoms with Crippen LogP contribution in [0.2, 0.25) is 0 Å². The maximum Gasteiger partial charge on any atom is 0.304 e. The van der Waals surface area contributed by atoms with Crippen LogP contribution in [0.4, 0.5) is 0 Å². The van der Waals surface area contributed by atoms with Crippen molar-refractivity contribution in [3.05, 3.63) is 0 Å². The molecule has 1 N–H and O–H groups in total. The standard InChI is InChI=1S/C13H23NO4S/c15-13(16)9-12-7-4-8-14(12)19(17,18)10-11-5-2-1-3-6-11/h11-12H,1-10H2,(H,15,16). The van der Waals surface area contributed by atoms with E-state index in [-0.39, 0.29) is 24.1 Å². The molecule has 0 radical (unpaired) electrons. The number of sulfonamides is 1. The van der Waals surface area contributed by atoms with Gasteiger partial charge in [0.05, 0.1) is 12.2 Å². The zero-order chi connectivity index (χ0) is 13.9. The minimum Gasteiger partial charge on any atom is -0.481 e. The minimum atomic E-state index is -3.28. The van der Waals surface area contributed by atoms with Crippen LogP contribution in [0.5, 0.6) is 0 Å². The predicted molar refractivity (Wildman–Crippen MR) is 72.3 cm³/mol. The molecule has 1 unspecified atom stereocenters. The van der Waals surface area contributed by atoms with Gasteiger partial charge in [-0.3, -0.25) is 4.79 Å². The molecule has 19 heavy (non-hydrogen) atoms. The van der Waals surface area contributed by atoms with Crippen molar-refractivity contribution in [2.75, 3.05) is 12.3 Å². The predicted octanol–water partition coefficient (Wildman–Crippen LogP) is 1.84. The number of carboxylic acid groups (broad SMARTS) is 1. The Morgan fingerprint density at radius 1 is 1.11 bits per heavy atom. The first-order chi connectivity index (χ1) is 8.99. The van der Waals surface area contributed by atoms with Crippen molar-refractivity contribution < 1.29 is 18.3 Å². The monoisotopic (exact) mass is 289 g/mol. The van der Waals surface area contributed by atoms with Gasteiger partial charge in [-0.1, -0.05) is 19.3 Å². The van der Waals surface area contributed by atoms with Gasteiger partial charge in [-0.15, -0.1) is 0 Å². The van der Waals surface area contributed by atoms with E-state index >= 15 is 0 Å². The summed E-state index contributed by atoms with van der Waals surface area (Å²) in [6.45, 7) is 0.493. The first-order valence-electron chi connectivity index (χ1n) is 7.20. The molecule has 0 bridgehead atoms. The summed E-state index contributed by atoms with van der Waals surface area (Å²) in [5, 5.41) is 8.86. The molecule has 5 nitrogen and oxygen atoms in total. The largest absolute Gasteiger partial charge is 0.481 e. The molecule has 2 fully saturated rings. The van der Waals surface area contributed by atoms with Crippen LogP contribution < -0.4 is 0 Å². The highest BCUT2D eigenvalue weighted by atomic mass is 32.2. The van der Waals surface area contributed by atoms with E-state index in [9.17, 15) is 13.2 Å². The minimum absolute atomic E-state index is 0.0656. The molecule has 1 saturated heterocycles. The Balaban J connectivity index is 1.99. The van der Waals surface area contributed by atoms with Crippen molar-refractivity contribution in [3.63, 3.8) is 0 Å². The van der Waals surface area contributed by atoms with Crippen LogP contribution in [-0.4, -0.2) is 42.1 Å². The molecule has 2 rings (SSSR count). The van der Waals surface area contributed by atoms with Crippen molar-refractivity contribution >= 4 is 16.0 Å². The molecule has 1 saturated carbocycles. The molecular formula is C13H23NO4S. The molecule has 6 heteroatoms. The van der Waals surface area contributed by atoms with Crippen molar-refractivity contribution in [3.8, 4) is 0 Å². The van der Waals surface area contributed by atoms with Gasteiger partial charge in [-0.2, -0.15) is 4.31 Å². The molecule has 2 aliphatic rings. The van der Waals surface area contributed by atoms with Crippen molar-refractivity contribution in [2.45, 2.75) is 57.4 Å². The average molecular weight is 289 g/mol.